The summed E-state index contributed by atoms with van der Waals surface area (Å²) in [6.45, 7) is 0. The van der Waals surface area contributed by atoms with Crippen LogP contribution in [0.4, 0.5) is 0 Å². The molecule has 1 aromatic carbocycles. The van der Waals surface area contributed by atoms with E-state index in [9.17, 15) is 0 Å². The number of benzene rings is 1. The van der Waals surface area contributed by atoms with Crippen LogP contribution < -0.4 is 0 Å². The zero-order valence-corrected chi connectivity index (χ0v) is 9.41. The van der Waals surface area contributed by atoms with Crippen LogP contribution in [0.3, 0.4) is 0 Å². The third kappa shape index (κ3) is 1.24. The highest BCUT2D eigenvalue weighted by molar-refractivity contribution is 5.93. The van der Waals surface area contributed by atoms with Crippen LogP contribution in [0.1, 0.15) is 0 Å². The fourth-order valence-electron chi connectivity index (χ4n) is 2.15. The molecule has 5 heteroatoms. The molecular weight excluding hydrogens is 226 g/mol. The number of fused-ring (bicyclic) bond motifs is 2. The minimum atomic E-state index is 0.702. The third-order valence-corrected chi connectivity index (χ3v) is 3.02. The van der Waals surface area contributed by atoms with Gasteiger partial charge in [-0.1, -0.05) is 12.1 Å². The predicted octanol–water partition coefficient (Wildman–Crippen LogP) is 2.27. The zero-order valence-electron chi connectivity index (χ0n) is 9.41. The molecule has 0 radical (unpaired) electrons. The molecular formula is C13H9N5. The molecule has 0 saturated carbocycles. The molecule has 18 heavy (non-hydrogen) atoms. The average Bonchev–Trinajstić information content (AvgIpc) is 3.05. The first-order chi connectivity index (χ1) is 8.92. The average molecular weight is 235 g/mol. The van der Waals surface area contributed by atoms with E-state index in [4.69, 9.17) is 0 Å². The van der Waals surface area contributed by atoms with Crippen LogP contribution >= 0.6 is 0 Å². The number of nitrogens with zero attached hydrogens (tertiary/aromatic N) is 4. The zero-order chi connectivity index (χ0) is 11.9. The van der Waals surface area contributed by atoms with Crippen molar-refractivity contribution in [3.05, 3.63) is 49.1 Å². The summed E-state index contributed by atoms with van der Waals surface area (Å²) in [7, 11) is 0. The van der Waals surface area contributed by atoms with Gasteiger partial charge in [-0.3, -0.25) is 9.50 Å². The number of imidazole rings is 1. The molecule has 0 unspecified atom stereocenters. The number of nitrogens with one attached hydrogen (secondary N) is 1. The van der Waals surface area contributed by atoms with Gasteiger partial charge in [0, 0.05) is 29.5 Å². The Hall–Kier alpha value is -2.69. The summed E-state index contributed by atoms with van der Waals surface area (Å²) in [6, 6.07) is 8.02. The van der Waals surface area contributed by atoms with Gasteiger partial charge in [-0.15, -0.1) is 0 Å². The van der Waals surface area contributed by atoms with E-state index in [0.29, 0.717) is 5.78 Å². The smallest absolute Gasteiger partial charge is 0.234 e. The number of aromatic amines is 1. The van der Waals surface area contributed by atoms with E-state index in [1.807, 2.05) is 47.3 Å². The second-order valence-corrected chi connectivity index (χ2v) is 4.08. The fourth-order valence-corrected chi connectivity index (χ4v) is 2.15. The first kappa shape index (κ1) is 9.35. The molecule has 0 spiro atoms. The summed E-state index contributed by atoms with van der Waals surface area (Å²) in [5, 5.41) is 8.10. The molecule has 3 heterocycles. The van der Waals surface area contributed by atoms with Crippen molar-refractivity contribution < 1.29 is 0 Å². The van der Waals surface area contributed by atoms with Crippen molar-refractivity contribution in [1.82, 2.24) is 24.6 Å². The molecule has 1 N–H and O–H groups in total. The van der Waals surface area contributed by atoms with Crippen LogP contribution in [-0.4, -0.2) is 24.6 Å². The first-order valence-corrected chi connectivity index (χ1v) is 5.64. The van der Waals surface area contributed by atoms with Crippen molar-refractivity contribution in [3.63, 3.8) is 0 Å². The van der Waals surface area contributed by atoms with Crippen LogP contribution in [0.15, 0.2) is 49.1 Å². The molecule has 0 atom stereocenters. The number of hydrogen-bond donors (Lipinski definition) is 1. The number of aromatic nitrogens is 5. The molecule has 5 nitrogen and oxygen atoms in total. The summed E-state index contributed by atoms with van der Waals surface area (Å²) in [4.78, 5) is 8.75. The molecule has 0 aliphatic carbocycles. The topological polar surface area (TPSA) is 58.9 Å². The molecule has 0 fully saturated rings. The quantitative estimate of drug-likeness (QED) is 0.550. The van der Waals surface area contributed by atoms with Crippen LogP contribution in [0.25, 0.3) is 27.9 Å². The lowest BCUT2D eigenvalue weighted by molar-refractivity contribution is 1.11. The highest BCUT2D eigenvalue weighted by Crippen LogP contribution is 2.25. The maximum atomic E-state index is 4.55. The van der Waals surface area contributed by atoms with E-state index in [2.05, 4.69) is 20.2 Å². The molecule has 0 aliphatic rings. The Labute approximate surface area is 102 Å². The fraction of sp³-hybridized carbons (Fsp3) is 0. The van der Waals surface area contributed by atoms with E-state index in [0.717, 1.165) is 22.2 Å². The molecule has 3 aromatic heterocycles. The number of rotatable bonds is 1. The molecule has 0 amide bonds. The normalized spacial score (nSPS) is 11.3. The Kier molecular flexibility index (Phi) is 1.77. The van der Waals surface area contributed by atoms with E-state index in [1.54, 1.807) is 6.20 Å². The minimum absolute atomic E-state index is 0.702. The van der Waals surface area contributed by atoms with Gasteiger partial charge in [0.05, 0.1) is 17.4 Å². The van der Waals surface area contributed by atoms with Crippen LogP contribution in [0.2, 0.25) is 0 Å². The lowest BCUT2D eigenvalue weighted by atomic mass is 10.1. The van der Waals surface area contributed by atoms with Crippen molar-refractivity contribution in [3.8, 4) is 11.3 Å². The Morgan fingerprint density at radius 2 is 2.11 bits per heavy atom. The van der Waals surface area contributed by atoms with Gasteiger partial charge in [0.2, 0.25) is 5.78 Å². The van der Waals surface area contributed by atoms with E-state index < -0.39 is 0 Å². The van der Waals surface area contributed by atoms with Crippen LogP contribution in [0, 0.1) is 0 Å². The number of hydrogen-bond acceptors (Lipinski definition) is 3. The van der Waals surface area contributed by atoms with Crippen molar-refractivity contribution >= 4 is 16.7 Å². The number of H-pyrrole nitrogens is 1. The van der Waals surface area contributed by atoms with Crippen molar-refractivity contribution in [2.24, 2.45) is 0 Å². The van der Waals surface area contributed by atoms with E-state index in [-0.39, 0.29) is 0 Å². The molecule has 0 saturated heterocycles. The monoisotopic (exact) mass is 235 g/mol. The van der Waals surface area contributed by atoms with Crippen LogP contribution in [-0.2, 0) is 0 Å². The van der Waals surface area contributed by atoms with Gasteiger partial charge in [0.15, 0.2) is 0 Å². The van der Waals surface area contributed by atoms with E-state index >= 15 is 0 Å². The van der Waals surface area contributed by atoms with Crippen molar-refractivity contribution in [1.29, 1.82) is 0 Å². The summed E-state index contributed by atoms with van der Waals surface area (Å²) in [5.74, 6) is 0.702. The maximum Gasteiger partial charge on any atom is 0.234 e. The summed E-state index contributed by atoms with van der Waals surface area (Å²) < 4.78 is 1.89. The van der Waals surface area contributed by atoms with E-state index in [1.165, 1.54) is 0 Å². The van der Waals surface area contributed by atoms with Gasteiger partial charge >= 0.3 is 0 Å². The lowest BCUT2D eigenvalue weighted by Gasteiger charge is -2.02. The van der Waals surface area contributed by atoms with Gasteiger partial charge in [0.1, 0.15) is 0 Å². The summed E-state index contributed by atoms with van der Waals surface area (Å²) in [6.07, 6.45) is 7.40. The molecule has 86 valence electrons. The van der Waals surface area contributed by atoms with Gasteiger partial charge in [-0.05, 0) is 12.1 Å². The predicted molar refractivity (Wildman–Crippen MR) is 68.1 cm³/mol. The first-order valence-electron chi connectivity index (χ1n) is 5.64. The largest absolute Gasteiger partial charge is 0.291 e. The SMILES string of the molecule is c1cc(-c2ccn3ccnc3n2)c2cn[nH]c2c1. The van der Waals surface area contributed by atoms with Gasteiger partial charge in [-0.25, -0.2) is 9.97 Å². The maximum absolute atomic E-state index is 4.55. The third-order valence-electron chi connectivity index (χ3n) is 3.02. The summed E-state index contributed by atoms with van der Waals surface area (Å²) in [5.41, 5.74) is 2.98. The van der Waals surface area contributed by atoms with Gasteiger partial charge in [-0.2, -0.15) is 5.10 Å². The molecule has 0 aliphatic heterocycles. The second kappa shape index (κ2) is 3.40. The highest BCUT2D eigenvalue weighted by Gasteiger charge is 2.07. The highest BCUT2D eigenvalue weighted by atomic mass is 15.1. The van der Waals surface area contributed by atoms with Gasteiger partial charge in [0.25, 0.3) is 0 Å². The molecule has 4 rings (SSSR count). The molecule has 0 bridgehead atoms. The lowest BCUT2D eigenvalue weighted by Crippen LogP contribution is -1.90. The minimum Gasteiger partial charge on any atom is -0.291 e. The Morgan fingerprint density at radius 1 is 1.11 bits per heavy atom. The standard InChI is InChI=1S/C13H9N5/c1-2-9(10-8-15-17-12(10)3-1)11-4-6-18-7-5-14-13(18)16-11/h1-8H,(H,15,17). The molecule has 4 aromatic rings. The van der Waals surface area contributed by atoms with Crippen molar-refractivity contribution in [2.45, 2.75) is 0 Å². The Morgan fingerprint density at radius 3 is 3.11 bits per heavy atom. The van der Waals surface area contributed by atoms with Gasteiger partial charge < -0.3 is 0 Å². The Bertz CT molecular complexity index is 842. The second-order valence-electron chi connectivity index (χ2n) is 4.08. The summed E-state index contributed by atoms with van der Waals surface area (Å²) >= 11 is 0. The Balaban J connectivity index is 2.03. The van der Waals surface area contributed by atoms with Crippen LogP contribution in [0.5, 0.6) is 0 Å². The van der Waals surface area contributed by atoms with Crippen molar-refractivity contribution in [2.75, 3.05) is 0 Å².